The number of carbonyl (C=O) groups is 1. The van der Waals surface area contributed by atoms with Crippen molar-refractivity contribution < 1.29 is 4.79 Å². The van der Waals surface area contributed by atoms with Gasteiger partial charge in [0.25, 0.3) is 0 Å². The zero-order chi connectivity index (χ0) is 9.26. The summed E-state index contributed by atoms with van der Waals surface area (Å²) in [6, 6.07) is 0.220. The van der Waals surface area contributed by atoms with Crippen molar-refractivity contribution in [2.45, 2.75) is 38.1 Å². The fraction of sp³-hybridized carbons (Fsp3) is 0.900. The smallest absolute Gasteiger partial charge is 0.225 e. The molecule has 1 saturated heterocycles. The molecule has 2 N–H and O–H groups in total. The van der Waals surface area contributed by atoms with Crippen molar-refractivity contribution in [2.24, 2.45) is 11.7 Å². The van der Waals surface area contributed by atoms with Gasteiger partial charge < -0.3 is 10.6 Å². The Hall–Kier alpha value is -0.570. The first-order valence-electron chi connectivity index (χ1n) is 5.32. The summed E-state index contributed by atoms with van der Waals surface area (Å²) in [6.45, 7) is 1.72. The van der Waals surface area contributed by atoms with E-state index in [1.807, 2.05) is 4.90 Å². The van der Waals surface area contributed by atoms with Crippen LogP contribution >= 0.6 is 0 Å². The third kappa shape index (κ3) is 1.85. The summed E-state index contributed by atoms with van der Waals surface area (Å²) in [5, 5.41) is 0. The molecule has 1 atom stereocenters. The average molecular weight is 182 g/mol. The van der Waals surface area contributed by atoms with Crippen LogP contribution in [-0.2, 0) is 4.79 Å². The molecule has 0 aromatic heterocycles. The Morgan fingerprint density at radius 2 is 2.00 bits per heavy atom. The van der Waals surface area contributed by atoms with Gasteiger partial charge in [0, 0.05) is 25.0 Å². The number of likely N-dealkylation sites (tertiary alicyclic amines) is 1. The highest BCUT2D eigenvalue weighted by Gasteiger charge is 2.31. The Balaban J connectivity index is 1.87. The number of rotatable bonds is 1. The molecule has 1 aliphatic carbocycles. The van der Waals surface area contributed by atoms with Crippen LogP contribution in [-0.4, -0.2) is 29.9 Å². The minimum absolute atomic E-state index is 0.220. The van der Waals surface area contributed by atoms with Gasteiger partial charge in [-0.05, 0) is 25.7 Å². The van der Waals surface area contributed by atoms with Crippen LogP contribution in [0.3, 0.4) is 0 Å². The summed E-state index contributed by atoms with van der Waals surface area (Å²) in [5.74, 6) is 0.701. The normalized spacial score (nSPS) is 29.9. The SMILES string of the molecule is NC1CCCN(C(=O)C2CCC2)C1. The Bertz CT molecular complexity index is 201. The van der Waals surface area contributed by atoms with Gasteiger partial charge in [0.05, 0.1) is 0 Å². The molecule has 1 amide bonds. The van der Waals surface area contributed by atoms with Crippen molar-refractivity contribution in [3.8, 4) is 0 Å². The van der Waals surface area contributed by atoms with Crippen molar-refractivity contribution >= 4 is 5.91 Å². The number of amides is 1. The average Bonchev–Trinajstić information content (AvgIpc) is 2.01. The highest BCUT2D eigenvalue weighted by atomic mass is 16.2. The maximum absolute atomic E-state index is 11.8. The third-order valence-corrected chi connectivity index (χ3v) is 3.22. The highest BCUT2D eigenvalue weighted by Crippen LogP contribution is 2.29. The van der Waals surface area contributed by atoms with Gasteiger partial charge in [-0.3, -0.25) is 4.79 Å². The van der Waals surface area contributed by atoms with Gasteiger partial charge in [0.1, 0.15) is 0 Å². The maximum atomic E-state index is 11.8. The first-order valence-corrected chi connectivity index (χ1v) is 5.32. The molecule has 1 saturated carbocycles. The number of nitrogens with zero attached hydrogens (tertiary/aromatic N) is 1. The lowest BCUT2D eigenvalue weighted by Crippen LogP contribution is -2.48. The van der Waals surface area contributed by atoms with Gasteiger partial charge in [0.15, 0.2) is 0 Å². The zero-order valence-corrected chi connectivity index (χ0v) is 8.04. The van der Waals surface area contributed by atoms with Crippen LogP contribution in [0.15, 0.2) is 0 Å². The Morgan fingerprint density at radius 3 is 2.54 bits per heavy atom. The highest BCUT2D eigenvalue weighted by molar-refractivity contribution is 5.79. The monoisotopic (exact) mass is 182 g/mol. The predicted molar refractivity (Wildman–Crippen MR) is 51.1 cm³/mol. The van der Waals surface area contributed by atoms with Gasteiger partial charge in [-0.2, -0.15) is 0 Å². The topological polar surface area (TPSA) is 46.3 Å². The largest absolute Gasteiger partial charge is 0.341 e. The van der Waals surface area contributed by atoms with E-state index in [9.17, 15) is 4.79 Å². The molecule has 1 heterocycles. The second-order valence-corrected chi connectivity index (χ2v) is 4.31. The molecule has 0 spiro atoms. The zero-order valence-electron chi connectivity index (χ0n) is 8.04. The lowest BCUT2D eigenvalue weighted by atomic mass is 9.84. The van der Waals surface area contributed by atoms with Crippen LogP contribution in [0.4, 0.5) is 0 Å². The van der Waals surface area contributed by atoms with E-state index in [1.54, 1.807) is 0 Å². The first-order chi connectivity index (χ1) is 6.27. The van der Waals surface area contributed by atoms with Gasteiger partial charge >= 0.3 is 0 Å². The summed E-state index contributed by atoms with van der Waals surface area (Å²) in [7, 11) is 0. The summed E-state index contributed by atoms with van der Waals surface area (Å²) in [4.78, 5) is 13.8. The van der Waals surface area contributed by atoms with Crippen LogP contribution in [0.1, 0.15) is 32.1 Å². The predicted octanol–water partition coefficient (Wildman–Crippen LogP) is 0.736. The lowest BCUT2D eigenvalue weighted by molar-refractivity contribution is -0.139. The van der Waals surface area contributed by atoms with E-state index < -0.39 is 0 Å². The second kappa shape index (κ2) is 3.66. The molecular weight excluding hydrogens is 164 g/mol. The number of nitrogens with two attached hydrogens (primary N) is 1. The molecule has 13 heavy (non-hydrogen) atoms. The van der Waals surface area contributed by atoms with Crippen LogP contribution in [0.2, 0.25) is 0 Å². The van der Waals surface area contributed by atoms with Crippen molar-refractivity contribution in [3.63, 3.8) is 0 Å². The third-order valence-electron chi connectivity index (χ3n) is 3.22. The van der Waals surface area contributed by atoms with Gasteiger partial charge in [-0.15, -0.1) is 0 Å². The molecule has 0 aromatic rings. The molecule has 0 radical (unpaired) electrons. The fourth-order valence-corrected chi connectivity index (χ4v) is 2.12. The van der Waals surface area contributed by atoms with Gasteiger partial charge in [0.2, 0.25) is 5.91 Å². The Morgan fingerprint density at radius 1 is 1.23 bits per heavy atom. The van der Waals surface area contributed by atoms with E-state index in [1.165, 1.54) is 6.42 Å². The van der Waals surface area contributed by atoms with E-state index in [-0.39, 0.29) is 6.04 Å². The van der Waals surface area contributed by atoms with Crippen LogP contribution < -0.4 is 5.73 Å². The van der Waals surface area contributed by atoms with Crippen molar-refractivity contribution in [3.05, 3.63) is 0 Å². The van der Waals surface area contributed by atoms with E-state index in [0.29, 0.717) is 11.8 Å². The lowest BCUT2D eigenvalue weighted by Gasteiger charge is -2.36. The standard InChI is InChI=1S/C10H18N2O/c11-9-5-2-6-12(7-9)10(13)8-3-1-4-8/h8-9H,1-7,11H2. The molecule has 2 aliphatic rings. The molecule has 3 nitrogen and oxygen atoms in total. The molecule has 1 aliphatic heterocycles. The van der Waals surface area contributed by atoms with E-state index in [2.05, 4.69) is 0 Å². The summed E-state index contributed by atoms with van der Waals surface area (Å²) in [5.41, 5.74) is 5.83. The number of carbonyl (C=O) groups excluding carboxylic acids is 1. The van der Waals surface area contributed by atoms with Crippen LogP contribution in [0, 0.1) is 5.92 Å². The number of hydrogen-bond donors (Lipinski definition) is 1. The minimum atomic E-state index is 0.220. The summed E-state index contributed by atoms with van der Waals surface area (Å²) >= 11 is 0. The van der Waals surface area contributed by atoms with Gasteiger partial charge in [-0.25, -0.2) is 0 Å². The van der Waals surface area contributed by atoms with Crippen molar-refractivity contribution in [2.75, 3.05) is 13.1 Å². The van der Waals surface area contributed by atoms with E-state index in [4.69, 9.17) is 5.73 Å². The number of hydrogen-bond acceptors (Lipinski definition) is 2. The molecular formula is C10H18N2O. The molecule has 2 fully saturated rings. The van der Waals surface area contributed by atoms with E-state index in [0.717, 1.165) is 38.8 Å². The Kier molecular flexibility index (Phi) is 2.54. The van der Waals surface area contributed by atoms with Crippen LogP contribution in [0.25, 0.3) is 0 Å². The quantitative estimate of drug-likeness (QED) is 0.650. The van der Waals surface area contributed by atoms with Crippen molar-refractivity contribution in [1.82, 2.24) is 4.90 Å². The van der Waals surface area contributed by atoms with Gasteiger partial charge in [-0.1, -0.05) is 6.42 Å². The fourth-order valence-electron chi connectivity index (χ4n) is 2.12. The maximum Gasteiger partial charge on any atom is 0.225 e. The number of piperidine rings is 1. The second-order valence-electron chi connectivity index (χ2n) is 4.31. The molecule has 0 aromatic carbocycles. The first kappa shape index (κ1) is 9.00. The van der Waals surface area contributed by atoms with Crippen molar-refractivity contribution in [1.29, 1.82) is 0 Å². The molecule has 3 heteroatoms. The Labute approximate surface area is 79.3 Å². The summed E-state index contributed by atoms with van der Waals surface area (Å²) in [6.07, 6.45) is 5.60. The molecule has 0 bridgehead atoms. The molecule has 1 unspecified atom stereocenters. The molecule has 74 valence electrons. The minimum Gasteiger partial charge on any atom is -0.341 e. The summed E-state index contributed by atoms with van der Waals surface area (Å²) < 4.78 is 0. The molecule has 2 rings (SSSR count). The van der Waals surface area contributed by atoms with Crippen LogP contribution in [0.5, 0.6) is 0 Å². The van der Waals surface area contributed by atoms with E-state index >= 15 is 0 Å².